The number of carbonyl (C=O) groups is 2. The van der Waals surface area contributed by atoms with E-state index in [4.69, 9.17) is 5.11 Å². The molecule has 0 spiro atoms. The van der Waals surface area contributed by atoms with Crippen LogP contribution in [0.1, 0.15) is 18.5 Å². The molecule has 0 aliphatic carbocycles. The van der Waals surface area contributed by atoms with Crippen LogP contribution in [0.25, 0.3) is 0 Å². The van der Waals surface area contributed by atoms with Crippen molar-refractivity contribution < 1.29 is 14.7 Å². The van der Waals surface area contributed by atoms with Crippen LogP contribution in [0, 0.1) is 0 Å². The largest absolute Gasteiger partial charge is 0.480 e. The van der Waals surface area contributed by atoms with Crippen LogP contribution in [-0.2, 0) is 16.0 Å². The Labute approximate surface area is 104 Å². The number of aromatic nitrogens is 2. The highest BCUT2D eigenvalue weighted by atomic mass is 16.4. The van der Waals surface area contributed by atoms with Crippen LogP contribution in [0.5, 0.6) is 0 Å². The van der Waals surface area contributed by atoms with Gasteiger partial charge in [-0.3, -0.25) is 4.79 Å². The molecule has 0 saturated carbocycles. The van der Waals surface area contributed by atoms with Gasteiger partial charge in [-0.15, -0.1) is 0 Å². The van der Waals surface area contributed by atoms with Crippen LogP contribution in [-0.4, -0.2) is 45.6 Å². The van der Waals surface area contributed by atoms with Crippen molar-refractivity contribution in [2.45, 2.75) is 31.3 Å². The number of aliphatic carboxylic acids is 1. The number of aromatic amines is 1. The Hall–Kier alpha value is -1.89. The molecule has 2 atom stereocenters. The monoisotopic (exact) mass is 252 g/mol. The summed E-state index contributed by atoms with van der Waals surface area (Å²) in [6, 6.07) is -1.20. The van der Waals surface area contributed by atoms with E-state index in [2.05, 4.69) is 20.6 Å². The van der Waals surface area contributed by atoms with Gasteiger partial charge in [-0.1, -0.05) is 0 Å². The fraction of sp³-hybridized carbons (Fsp3) is 0.545. The smallest absolute Gasteiger partial charge is 0.326 e. The van der Waals surface area contributed by atoms with E-state index in [1.807, 2.05) is 0 Å². The minimum Gasteiger partial charge on any atom is -0.480 e. The fourth-order valence-corrected chi connectivity index (χ4v) is 2.00. The maximum Gasteiger partial charge on any atom is 0.326 e. The predicted molar refractivity (Wildman–Crippen MR) is 62.9 cm³/mol. The first kappa shape index (κ1) is 12.6. The van der Waals surface area contributed by atoms with Gasteiger partial charge in [0.1, 0.15) is 6.04 Å². The second-order valence-electron chi connectivity index (χ2n) is 4.33. The van der Waals surface area contributed by atoms with Crippen LogP contribution in [0.4, 0.5) is 0 Å². The lowest BCUT2D eigenvalue weighted by molar-refractivity contribution is -0.142. The SMILES string of the molecule is O=C(N[C@@H](Cc1cnc[nH]1)C(=O)O)C1CCCN1. The molecule has 1 unspecified atom stereocenters. The van der Waals surface area contributed by atoms with Crippen molar-refractivity contribution >= 4 is 11.9 Å². The van der Waals surface area contributed by atoms with Crippen molar-refractivity contribution in [3.8, 4) is 0 Å². The van der Waals surface area contributed by atoms with E-state index in [0.717, 1.165) is 19.4 Å². The Kier molecular flexibility index (Phi) is 3.93. The van der Waals surface area contributed by atoms with Gasteiger partial charge in [-0.25, -0.2) is 9.78 Å². The molecule has 2 rings (SSSR count). The van der Waals surface area contributed by atoms with Crippen LogP contribution < -0.4 is 10.6 Å². The molecule has 1 aromatic heterocycles. The number of amides is 1. The van der Waals surface area contributed by atoms with E-state index in [-0.39, 0.29) is 18.4 Å². The molecular weight excluding hydrogens is 236 g/mol. The third-order valence-electron chi connectivity index (χ3n) is 2.97. The van der Waals surface area contributed by atoms with Gasteiger partial charge < -0.3 is 20.7 Å². The lowest BCUT2D eigenvalue weighted by atomic mass is 10.1. The summed E-state index contributed by atoms with van der Waals surface area (Å²) in [5.41, 5.74) is 0.682. The first-order valence-corrected chi connectivity index (χ1v) is 5.90. The zero-order valence-corrected chi connectivity index (χ0v) is 9.85. The van der Waals surface area contributed by atoms with E-state index in [1.54, 1.807) is 6.20 Å². The summed E-state index contributed by atoms with van der Waals surface area (Å²) in [5, 5.41) is 14.7. The molecule has 1 aliphatic heterocycles. The summed E-state index contributed by atoms with van der Waals surface area (Å²) in [6.07, 6.45) is 4.93. The van der Waals surface area contributed by atoms with Gasteiger partial charge >= 0.3 is 5.97 Å². The average molecular weight is 252 g/mol. The van der Waals surface area contributed by atoms with Crippen LogP contribution in [0.2, 0.25) is 0 Å². The molecule has 2 heterocycles. The zero-order chi connectivity index (χ0) is 13.0. The normalized spacial score (nSPS) is 20.6. The first-order chi connectivity index (χ1) is 8.66. The summed E-state index contributed by atoms with van der Waals surface area (Å²) >= 11 is 0. The number of carboxylic acids is 1. The number of hydrogen-bond donors (Lipinski definition) is 4. The van der Waals surface area contributed by atoms with Crippen LogP contribution in [0.15, 0.2) is 12.5 Å². The lowest BCUT2D eigenvalue weighted by Gasteiger charge is -2.16. The van der Waals surface area contributed by atoms with Crippen LogP contribution in [0.3, 0.4) is 0 Å². The number of carbonyl (C=O) groups excluding carboxylic acids is 1. The van der Waals surface area contributed by atoms with Gasteiger partial charge in [-0.05, 0) is 19.4 Å². The average Bonchev–Trinajstić information content (AvgIpc) is 3.00. The zero-order valence-electron chi connectivity index (χ0n) is 9.85. The molecule has 1 amide bonds. The minimum atomic E-state index is -1.05. The Morgan fingerprint density at radius 2 is 2.44 bits per heavy atom. The van der Waals surface area contributed by atoms with Gasteiger partial charge in [0.2, 0.25) is 5.91 Å². The highest BCUT2D eigenvalue weighted by Gasteiger charge is 2.27. The van der Waals surface area contributed by atoms with E-state index in [9.17, 15) is 9.59 Å². The molecule has 18 heavy (non-hydrogen) atoms. The summed E-state index contributed by atoms with van der Waals surface area (Å²) in [6.45, 7) is 0.802. The van der Waals surface area contributed by atoms with E-state index in [0.29, 0.717) is 5.69 Å². The summed E-state index contributed by atoms with van der Waals surface area (Å²) in [5.74, 6) is -1.30. The van der Waals surface area contributed by atoms with Crippen molar-refractivity contribution in [2.75, 3.05) is 6.54 Å². The number of carboxylic acid groups (broad SMARTS) is 1. The molecule has 0 aromatic carbocycles. The highest BCUT2D eigenvalue weighted by molar-refractivity contribution is 5.87. The summed E-state index contributed by atoms with van der Waals surface area (Å²) < 4.78 is 0. The quantitative estimate of drug-likeness (QED) is 0.553. The molecular formula is C11H16N4O3. The van der Waals surface area contributed by atoms with Crippen molar-refractivity contribution in [1.82, 2.24) is 20.6 Å². The summed E-state index contributed by atoms with van der Waals surface area (Å²) in [7, 11) is 0. The standard InChI is InChI=1S/C11H16N4O3/c16-10(8-2-1-3-13-8)15-9(11(17)18)4-7-5-12-6-14-7/h5-6,8-9,13H,1-4H2,(H,12,14)(H,15,16)(H,17,18)/t8?,9-/m0/s1. The Bertz CT molecular complexity index is 412. The molecule has 1 aromatic rings. The minimum absolute atomic E-state index is 0.202. The molecule has 1 fully saturated rings. The Morgan fingerprint density at radius 3 is 3.00 bits per heavy atom. The maximum atomic E-state index is 11.8. The van der Waals surface area contributed by atoms with Gasteiger partial charge in [-0.2, -0.15) is 0 Å². The van der Waals surface area contributed by atoms with Crippen molar-refractivity contribution in [2.24, 2.45) is 0 Å². The van der Waals surface area contributed by atoms with E-state index >= 15 is 0 Å². The van der Waals surface area contributed by atoms with Crippen molar-refractivity contribution in [3.63, 3.8) is 0 Å². The van der Waals surface area contributed by atoms with Gasteiger partial charge in [0, 0.05) is 18.3 Å². The fourth-order valence-electron chi connectivity index (χ4n) is 2.00. The molecule has 7 nitrogen and oxygen atoms in total. The molecule has 0 radical (unpaired) electrons. The van der Waals surface area contributed by atoms with Crippen molar-refractivity contribution in [3.05, 3.63) is 18.2 Å². The number of rotatable bonds is 5. The summed E-state index contributed by atoms with van der Waals surface area (Å²) in [4.78, 5) is 29.6. The Balaban J connectivity index is 1.93. The Morgan fingerprint density at radius 1 is 1.61 bits per heavy atom. The molecule has 1 saturated heterocycles. The number of imidazole rings is 1. The molecule has 98 valence electrons. The van der Waals surface area contributed by atoms with Gasteiger partial charge in [0.15, 0.2) is 0 Å². The number of hydrogen-bond acceptors (Lipinski definition) is 4. The topological polar surface area (TPSA) is 107 Å². The predicted octanol–water partition coefficient (Wildman–Crippen LogP) is -0.726. The van der Waals surface area contributed by atoms with Crippen molar-refractivity contribution in [1.29, 1.82) is 0 Å². The van der Waals surface area contributed by atoms with Crippen LogP contribution >= 0.6 is 0 Å². The number of nitrogens with one attached hydrogen (secondary N) is 3. The second kappa shape index (κ2) is 5.63. The molecule has 0 bridgehead atoms. The van der Waals surface area contributed by atoms with Gasteiger partial charge in [0.05, 0.1) is 12.4 Å². The number of H-pyrrole nitrogens is 1. The lowest BCUT2D eigenvalue weighted by Crippen LogP contribution is -2.49. The molecule has 4 N–H and O–H groups in total. The molecule has 7 heteroatoms. The second-order valence-corrected chi connectivity index (χ2v) is 4.33. The highest BCUT2D eigenvalue weighted by Crippen LogP contribution is 2.06. The number of nitrogens with zero attached hydrogens (tertiary/aromatic N) is 1. The van der Waals surface area contributed by atoms with E-state index < -0.39 is 12.0 Å². The third-order valence-corrected chi connectivity index (χ3v) is 2.97. The third kappa shape index (κ3) is 3.07. The van der Waals surface area contributed by atoms with E-state index in [1.165, 1.54) is 6.33 Å². The first-order valence-electron chi connectivity index (χ1n) is 5.90. The maximum absolute atomic E-state index is 11.8. The van der Waals surface area contributed by atoms with Gasteiger partial charge in [0.25, 0.3) is 0 Å². The molecule has 1 aliphatic rings.